The number of anilines is 1. The summed E-state index contributed by atoms with van der Waals surface area (Å²) in [5, 5.41) is 4.03. The van der Waals surface area contributed by atoms with Crippen LogP contribution in [0.1, 0.15) is 19.3 Å². The highest BCUT2D eigenvalue weighted by Gasteiger charge is 2.26. The van der Waals surface area contributed by atoms with Gasteiger partial charge in [-0.2, -0.15) is 11.8 Å². The van der Waals surface area contributed by atoms with Gasteiger partial charge in [-0.15, -0.1) is 0 Å². The summed E-state index contributed by atoms with van der Waals surface area (Å²) in [4.78, 5) is 4.02. The van der Waals surface area contributed by atoms with Crippen LogP contribution in [0.3, 0.4) is 0 Å². The second-order valence-corrected chi connectivity index (χ2v) is 4.89. The van der Waals surface area contributed by atoms with Gasteiger partial charge in [0.2, 0.25) is 0 Å². The first kappa shape index (κ1) is 10.7. The highest BCUT2D eigenvalue weighted by Crippen LogP contribution is 2.30. The van der Waals surface area contributed by atoms with Gasteiger partial charge in [-0.25, -0.2) is 9.37 Å². The minimum Gasteiger partial charge on any atom is -0.366 e. The third kappa shape index (κ3) is 2.62. The molecule has 0 saturated heterocycles. The number of pyridine rings is 1. The van der Waals surface area contributed by atoms with Crippen LogP contribution in [-0.4, -0.2) is 22.5 Å². The van der Waals surface area contributed by atoms with Crippen molar-refractivity contribution in [1.29, 1.82) is 0 Å². The minimum absolute atomic E-state index is 0.284. The van der Waals surface area contributed by atoms with Crippen molar-refractivity contribution in [3.8, 4) is 0 Å². The van der Waals surface area contributed by atoms with Gasteiger partial charge in [-0.1, -0.05) is 6.42 Å². The van der Waals surface area contributed by atoms with Crippen LogP contribution in [0.2, 0.25) is 0 Å². The fourth-order valence-corrected chi connectivity index (χ4v) is 2.96. The van der Waals surface area contributed by atoms with E-state index >= 15 is 0 Å². The highest BCUT2D eigenvalue weighted by atomic mass is 32.2. The normalized spacial score (nSPS) is 25.5. The molecule has 0 aliphatic heterocycles. The molecule has 1 N–H and O–H groups in total. The predicted molar refractivity (Wildman–Crippen MR) is 62.8 cm³/mol. The van der Waals surface area contributed by atoms with Gasteiger partial charge in [0.15, 0.2) is 0 Å². The molecule has 2 nitrogen and oxygen atoms in total. The van der Waals surface area contributed by atoms with Crippen LogP contribution in [0.5, 0.6) is 0 Å². The van der Waals surface area contributed by atoms with Crippen molar-refractivity contribution in [3.63, 3.8) is 0 Å². The Balaban J connectivity index is 1.99. The van der Waals surface area contributed by atoms with E-state index in [1.807, 2.05) is 11.8 Å². The largest absolute Gasteiger partial charge is 0.366 e. The van der Waals surface area contributed by atoms with E-state index in [1.54, 1.807) is 6.07 Å². The molecule has 1 heterocycles. The molecular formula is C11H15FN2S. The quantitative estimate of drug-likeness (QED) is 0.857. The molecule has 15 heavy (non-hydrogen) atoms. The Bertz CT molecular complexity index is 315. The predicted octanol–water partition coefficient (Wildman–Crippen LogP) is 2.92. The van der Waals surface area contributed by atoms with Gasteiger partial charge in [0, 0.05) is 11.3 Å². The zero-order chi connectivity index (χ0) is 10.7. The van der Waals surface area contributed by atoms with E-state index in [0.717, 1.165) is 5.82 Å². The number of nitrogens with one attached hydrogen (secondary N) is 1. The van der Waals surface area contributed by atoms with Crippen LogP contribution < -0.4 is 5.32 Å². The maximum Gasteiger partial charge on any atom is 0.141 e. The number of halogens is 1. The van der Waals surface area contributed by atoms with E-state index in [9.17, 15) is 4.39 Å². The Morgan fingerprint density at radius 2 is 2.33 bits per heavy atom. The van der Waals surface area contributed by atoms with Gasteiger partial charge in [0.05, 0.1) is 6.20 Å². The molecule has 1 aromatic heterocycles. The summed E-state index contributed by atoms with van der Waals surface area (Å²) < 4.78 is 12.6. The molecule has 1 aromatic rings. The summed E-state index contributed by atoms with van der Waals surface area (Å²) in [7, 11) is 0. The van der Waals surface area contributed by atoms with Crippen LogP contribution in [0.25, 0.3) is 0 Å². The van der Waals surface area contributed by atoms with Crippen LogP contribution in [0.4, 0.5) is 10.2 Å². The van der Waals surface area contributed by atoms with Crippen LogP contribution in [-0.2, 0) is 0 Å². The number of rotatable bonds is 3. The number of nitrogens with zero attached hydrogens (tertiary/aromatic N) is 1. The summed E-state index contributed by atoms with van der Waals surface area (Å²) in [6.45, 7) is 0. The fourth-order valence-electron chi connectivity index (χ4n) is 2.02. The van der Waals surface area contributed by atoms with Gasteiger partial charge in [0.25, 0.3) is 0 Å². The van der Waals surface area contributed by atoms with Crippen LogP contribution in [0.15, 0.2) is 18.3 Å². The van der Waals surface area contributed by atoms with Gasteiger partial charge >= 0.3 is 0 Å². The Labute approximate surface area is 93.7 Å². The lowest BCUT2D eigenvalue weighted by Gasteiger charge is -2.19. The maximum absolute atomic E-state index is 12.6. The molecule has 0 amide bonds. The van der Waals surface area contributed by atoms with Gasteiger partial charge in [0.1, 0.15) is 11.6 Å². The zero-order valence-corrected chi connectivity index (χ0v) is 9.56. The molecule has 1 saturated carbocycles. The molecule has 0 radical (unpaired) electrons. The Hall–Kier alpha value is -0.770. The summed E-state index contributed by atoms with van der Waals surface area (Å²) in [6, 6.07) is 3.63. The Kier molecular flexibility index (Phi) is 3.46. The fraction of sp³-hybridized carbons (Fsp3) is 0.545. The number of thioether (sulfide) groups is 1. The van der Waals surface area contributed by atoms with Crippen molar-refractivity contribution in [2.45, 2.75) is 30.6 Å². The molecule has 2 atom stereocenters. The first-order chi connectivity index (χ1) is 7.29. The topological polar surface area (TPSA) is 24.9 Å². The minimum atomic E-state index is -0.284. The lowest BCUT2D eigenvalue weighted by molar-refractivity contribution is 0.621. The van der Waals surface area contributed by atoms with Crippen LogP contribution in [0, 0.1) is 5.82 Å². The SMILES string of the molecule is CSC1CCCC1Nc1ccc(F)cn1. The molecule has 0 bridgehead atoms. The number of hydrogen-bond donors (Lipinski definition) is 1. The van der Waals surface area contributed by atoms with Gasteiger partial charge in [-0.3, -0.25) is 0 Å². The van der Waals surface area contributed by atoms with E-state index in [-0.39, 0.29) is 5.82 Å². The second kappa shape index (κ2) is 4.84. The molecule has 82 valence electrons. The van der Waals surface area contributed by atoms with E-state index in [0.29, 0.717) is 11.3 Å². The van der Waals surface area contributed by atoms with Crippen LogP contribution >= 0.6 is 11.8 Å². The van der Waals surface area contributed by atoms with E-state index in [1.165, 1.54) is 31.5 Å². The average Bonchev–Trinajstić information content (AvgIpc) is 2.69. The number of hydrogen-bond acceptors (Lipinski definition) is 3. The van der Waals surface area contributed by atoms with Crippen molar-refractivity contribution >= 4 is 17.6 Å². The van der Waals surface area contributed by atoms with E-state index in [2.05, 4.69) is 16.6 Å². The van der Waals surface area contributed by atoms with E-state index in [4.69, 9.17) is 0 Å². The van der Waals surface area contributed by atoms with Gasteiger partial charge < -0.3 is 5.32 Å². The maximum atomic E-state index is 12.6. The standard InChI is InChI=1S/C11H15FN2S/c1-15-10-4-2-3-9(10)14-11-6-5-8(12)7-13-11/h5-7,9-10H,2-4H2,1H3,(H,13,14). The van der Waals surface area contributed by atoms with Crippen molar-refractivity contribution in [2.75, 3.05) is 11.6 Å². The third-order valence-corrected chi connectivity index (χ3v) is 3.99. The molecule has 1 fully saturated rings. The molecule has 2 rings (SSSR count). The zero-order valence-electron chi connectivity index (χ0n) is 8.74. The Morgan fingerprint density at radius 1 is 1.47 bits per heavy atom. The summed E-state index contributed by atoms with van der Waals surface area (Å²) in [5.74, 6) is 0.496. The average molecular weight is 226 g/mol. The van der Waals surface area contributed by atoms with Gasteiger partial charge in [-0.05, 0) is 31.2 Å². The molecule has 1 aliphatic rings. The van der Waals surface area contributed by atoms with E-state index < -0.39 is 0 Å². The molecular weight excluding hydrogens is 211 g/mol. The summed E-state index contributed by atoms with van der Waals surface area (Å²) in [6.07, 6.45) is 7.11. The molecule has 1 aliphatic carbocycles. The monoisotopic (exact) mass is 226 g/mol. The second-order valence-electron chi connectivity index (χ2n) is 3.82. The molecule has 0 aromatic carbocycles. The lowest BCUT2D eigenvalue weighted by atomic mass is 10.2. The van der Waals surface area contributed by atoms with Crippen molar-refractivity contribution < 1.29 is 4.39 Å². The molecule has 2 unspecified atom stereocenters. The molecule has 0 spiro atoms. The molecule has 4 heteroatoms. The van der Waals surface area contributed by atoms with Crippen molar-refractivity contribution in [1.82, 2.24) is 4.98 Å². The first-order valence-electron chi connectivity index (χ1n) is 5.20. The third-order valence-electron chi connectivity index (χ3n) is 2.82. The van der Waals surface area contributed by atoms with Crippen molar-refractivity contribution in [2.24, 2.45) is 0 Å². The lowest BCUT2D eigenvalue weighted by Crippen LogP contribution is -2.26. The smallest absolute Gasteiger partial charge is 0.141 e. The Morgan fingerprint density at radius 3 is 3.00 bits per heavy atom. The summed E-state index contributed by atoms with van der Waals surface area (Å²) >= 11 is 1.90. The number of aromatic nitrogens is 1. The first-order valence-corrected chi connectivity index (χ1v) is 6.49. The summed E-state index contributed by atoms with van der Waals surface area (Å²) in [5.41, 5.74) is 0. The van der Waals surface area contributed by atoms with Crippen molar-refractivity contribution in [3.05, 3.63) is 24.1 Å². The highest BCUT2D eigenvalue weighted by molar-refractivity contribution is 7.99.